The van der Waals surface area contributed by atoms with Gasteiger partial charge in [0.1, 0.15) is 5.75 Å². The lowest BCUT2D eigenvalue weighted by atomic mass is 10.2. The van der Waals surface area contributed by atoms with E-state index >= 15 is 0 Å². The molecule has 3 aromatic carbocycles. The molecule has 1 atom stereocenters. The fourth-order valence-electron chi connectivity index (χ4n) is 3.47. The molecule has 1 aromatic heterocycles. The van der Waals surface area contributed by atoms with E-state index in [4.69, 9.17) is 4.74 Å². The van der Waals surface area contributed by atoms with E-state index in [0.717, 1.165) is 31.4 Å². The number of rotatable bonds is 6. The summed E-state index contributed by atoms with van der Waals surface area (Å²) in [6, 6.07) is 20.2. The molecule has 0 saturated heterocycles. The Labute approximate surface area is 180 Å². The van der Waals surface area contributed by atoms with Crippen molar-refractivity contribution in [2.75, 3.05) is 19.0 Å². The fraction of sp³-hybridized carbons (Fsp3) is 0.182. The number of nitrogens with one attached hydrogen (secondary N) is 1. The third-order valence-corrected chi connectivity index (χ3v) is 5.80. The van der Waals surface area contributed by atoms with Gasteiger partial charge in [-0.05, 0) is 60.7 Å². The molecule has 4 nitrogen and oxygen atoms in total. The molecule has 0 unspecified atom stereocenters. The minimum absolute atomic E-state index is 0.459. The van der Waals surface area contributed by atoms with E-state index in [-0.39, 0.29) is 0 Å². The molecule has 4 rings (SSSR count). The molecular weight excluding hydrogens is 484 g/mol. The second kappa shape index (κ2) is 8.15. The smallest absolute Gasteiger partial charge is 0.119 e. The van der Waals surface area contributed by atoms with Crippen LogP contribution in [0.4, 0.5) is 5.69 Å². The molecule has 0 aliphatic rings. The van der Waals surface area contributed by atoms with Crippen LogP contribution in [0.25, 0.3) is 21.8 Å². The van der Waals surface area contributed by atoms with Crippen LogP contribution in [-0.2, 0) is 6.54 Å². The second-order valence-corrected chi connectivity index (χ2v) is 8.53. The Balaban J connectivity index is 1.59. The number of ether oxygens (including phenoxy) is 1. The first-order valence-electron chi connectivity index (χ1n) is 8.98. The molecule has 2 N–H and O–H groups in total. The van der Waals surface area contributed by atoms with Crippen LogP contribution >= 0.6 is 31.9 Å². The van der Waals surface area contributed by atoms with Crippen LogP contribution in [0.2, 0.25) is 0 Å². The predicted octanol–water partition coefficient (Wildman–Crippen LogP) is 5.80. The second-order valence-electron chi connectivity index (χ2n) is 6.70. The lowest BCUT2D eigenvalue weighted by Crippen LogP contribution is -2.24. The molecule has 0 fully saturated rings. The first kappa shape index (κ1) is 19.3. The zero-order valence-electron chi connectivity index (χ0n) is 15.3. The van der Waals surface area contributed by atoms with Crippen LogP contribution in [0, 0.1) is 0 Å². The Bertz CT molecular complexity index is 1060. The molecule has 0 aliphatic carbocycles. The van der Waals surface area contributed by atoms with E-state index in [2.05, 4.69) is 66.0 Å². The number of hydrogen-bond acceptors (Lipinski definition) is 3. The lowest BCUT2D eigenvalue weighted by Gasteiger charge is -2.16. The van der Waals surface area contributed by atoms with E-state index in [1.165, 1.54) is 10.8 Å². The van der Waals surface area contributed by atoms with Gasteiger partial charge in [0.2, 0.25) is 0 Å². The maximum absolute atomic E-state index is 10.7. The maximum Gasteiger partial charge on any atom is 0.119 e. The topological polar surface area (TPSA) is 46.4 Å². The van der Waals surface area contributed by atoms with Crippen molar-refractivity contribution in [3.63, 3.8) is 0 Å². The molecule has 0 amide bonds. The van der Waals surface area contributed by atoms with Gasteiger partial charge in [-0.3, -0.25) is 0 Å². The highest BCUT2D eigenvalue weighted by atomic mass is 79.9. The average molecular weight is 504 g/mol. The first-order valence-corrected chi connectivity index (χ1v) is 10.6. The number of hydrogen-bond donors (Lipinski definition) is 2. The van der Waals surface area contributed by atoms with E-state index in [1.807, 2.05) is 36.4 Å². The normalized spacial score (nSPS) is 12.4. The molecule has 6 heteroatoms. The van der Waals surface area contributed by atoms with Crippen molar-refractivity contribution in [2.24, 2.45) is 0 Å². The summed E-state index contributed by atoms with van der Waals surface area (Å²) in [4.78, 5) is 0. The Morgan fingerprint density at radius 1 is 0.929 bits per heavy atom. The van der Waals surface area contributed by atoms with E-state index in [9.17, 15) is 5.11 Å². The van der Waals surface area contributed by atoms with Gasteiger partial charge in [0.15, 0.2) is 0 Å². The van der Waals surface area contributed by atoms with Gasteiger partial charge in [0, 0.05) is 43.0 Å². The van der Waals surface area contributed by atoms with Crippen molar-refractivity contribution in [3.05, 3.63) is 69.6 Å². The van der Waals surface area contributed by atoms with E-state index in [1.54, 1.807) is 7.11 Å². The van der Waals surface area contributed by atoms with Gasteiger partial charge >= 0.3 is 0 Å². The van der Waals surface area contributed by atoms with Crippen LogP contribution in [0.1, 0.15) is 0 Å². The minimum atomic E-state index is -0.534. The molecule has 0 radical (unpaired) electrons. The largest absolute Gasteiger partial charge is 0.497 e. The number of benzene rings is 3. The molecule has 0 saturated carbocycles. The summed E-state index contributed by atoms with van der Waals surface area (Å²) in [6.45, 7) is 0.965. The number of aliphatic hydroxyl groups excluding tert-OH is 1. The summed E-state index contributed by atoms with van der Waals surface area (Å²) in [5, 5.41) is 16.3. The molecule has 0 aliphatic heterocycles. The number of methoxy groups -OCH3 is 1. The van der Waals surface area contributed by atoms with Gasteiger partial charge in [-0.25, -0.2) is 0 Å². The van der Waals surface area contributed by atoms with Crippen molar-refractivity contribution in [1.29, 1.82) is 0 Å². The van der Waals surface area contributed by atoms with Crippen molar-refractivity contribution in [2.45, 2.75) is 12.6 Å². The SMILES string of the molecule is COc1ccc(NC[C@H](O)Cn2c3ccc(Br)cc3c3cc(Br)ccc32)cc1. The van der Waals surface area contributed by atoms with Crippen molar-refractivity contribution >= 4 is 59.4 Å². The molecule has 28 heavy (non-hydrogen) atoms. The Kier molecular flexibility index (Phi) is 5.62. The molecule has 4 aromatic rings. The van der Waals surface area contributed by atoms with Gasteiger partial charge in [-0.15, -0.1) is 0 Å². The highest BCUT2D eigenvalue weighted by Gasteiger charge is 2.14. The third-order valence-electron chi connectivity index (χ3n) is 4.81. The van der Waals surface area contributed by atoms with Crippen LogP contribution in [-0.4, -0.2) is 29.4 Å². The molecule has 0 bridgehead atoms. The molecule has 144 valence electrons. The van der Waals surface area contributed by atoms with E-state index < -0.39 is 6.10 Å². The van der Waals surface area contributed by atoms with Crippen molar-refractivity contribution < 1.29 is 9.84 Å². The zero-order valence-corrected chi connectivity index (χ0v) is 18.5. The number of anilines is 1. The summed E-state index contributed by atoms with van der Waals surface area (Å²) in [5.41, 5.74) is 3.18. The molecular formula is C22H20Br2N2O2. The van der Waals surface area contributed by atoms with Crippen LogP contribution in [0.3, 0.4) is 0 Å². The minimum Gasteiger partial charge on any atom is -0.497 e. The Hall–Kier alpha value is -2.02. The van der Waals surface area contributed by atoms with Crippen molar-refractivity contribution in [3.8, 4) is 5.75 Å². The number of fused-ring (bicyclic) bond motifs is 3. The maximum atomic E-state index is 10.7. The number of aliphatic hydroxyl groups is 1. The quantitative estimate of drug-likeness (QED) is 0.349. The number of nitrogens with zero attached hydrogens (tertiary/aromatic N) is 1. The number of halogens is 2. The lowest BCUT2D eigenvalue weighted by molar-refractivity contribution is 0.169. The predicted molar refractivity (Wildman–Crippen MR) is 122 cm³/mol. The van der Waals surface area contributed by atoms with Gasteiger partial charge in [-0.1, -0.05) is 31.9 Å². The first-order chi connectivity index (χ1) is 13.5. The van der Waals surface area contributed by atoms with Crippen LogP contribution in [0.5, 0.6) is 5.75 Å². The summed E-state index contributed by atoms with van der Waals surface area (Å²) >= 11 is 7.14. The summed E-state index contributed by atoms with van der Waals surface area (Å²) < 4.78 is 9.45. The summed E-state index contributed by atoms with van der Waals surface area (Å²) in [7, 11) is 1.65. The molecule has 0 spiro atoms. The van der Waals surface area contributed by atoms with E-state index in [0.29, 0.717) is 13.1 Å². The van der Waals surface area contributed by atoms with Crippen LogP contribution in [0.15, 0.2) is 69.6 Å². The Morgan fingerprint density at radius 2 is 1.50 bits per heavy atom. The van der Waals surface area contributed by atoms with Gasteiger partial charge in [0.05, 0.1) is 19.8 Å². The standard InChI is InChI=1S/C22H20Br2N2O2/c1-28-18-6-4-16(5-7-18)25-12-17(27)13-26-21-8-2-14(23)10-19(21)20-11-15(24)3-9-22(20)26/h2-11,17,25,27H,12-13H2,1H3/t17-/m0/s1. The Morgan fingerprint density at radius 3 is 2.04 bits per heavy atom. The molecule has 1 heterocycles. The third kappa shape index (κ3) is 3.90. The van der Waals surface area contributed by atoms with Gasteiger partial charge in [0.25, 0.3) is 0 Å². The fourth-order valence-corrected chi connectivity index (χ4v) is 4.19. The van der Waals surface area contributed by atoms with Crippen molar-refractivity contribution in [1.82, 2.24) is 4.57 Å². The highest BCUT2D eigenvalue weighted by molar-refractivity contribution is 9.10. The zero-order chi connectivity index (χ0) is 19.7. The van der Waals surface area contributed by atoms with Gasteiger partial charge in [-0.2, -0.15) is 0 Å². The summed E-state index contributed by atoms with van der Waals surface area (Å²) in [5.74, 6) is 0.814. The monoisotopic (exact) mass is 502 g/mol. The summed E-state index contributed by atoms with van der Waals surface area (Å²) in [6.07, 6.45) is -0.534. The average Bonchev–Trinajstić information content (AvgIpc) is 2.99. The van der Waals surface area contributed by atoms with Crippen LogP contribution < -0.4 is 10.1 Å². The van der Waals surface area contributed by atoms with Gasteiger partial charge < -0.3 is 19.7 Å². The highest BCUT2D eigenvalue weighted by Crippen LogP contribution is 2.33. The number of aromatic nitrogens is 1.